The van der Waals surface area contributed by atoms with Crippen molar-refractivity contribution in [2.45, 2.75) is 26.3 Å². The summed E-state index contributed by atoms with van der Waals surface area (Å²) in [7, 11) is 2.88. The van der Waals surface area contributed by atoms with Crippen molar-refractivity contribution in [2.75, 3.05) is 50.4 Å². The number of aryl methyl sites for hydroxylation is 2. The maximum absolute atomic E-state index is 12.8. The van der Waals surface area contributed by atoms with Crippen LogP contribution in [0.1, 0.15) is 28.5 Å². The Hall–Kier alpha value is -2.78. The van der Waals surface area contributed by atoms with E-state index < -0.39 is 12.0 Å². The Kier molecular flexibility index (Phi) is 7.98. The molecule has 1 aliphatic rings. The first-order valence-electron chi connectivity index (χ1n) is 10.5. The summed E-state index contributed by atoms with van der Waals surface area (Å²) >= 11 is 1.20. The second-order valence-corrected chi connectivity index (χ2v) is 8.32. The average Bonchev–Trinajstić information content (AvgIpc) is 2.83. The van der Waals surface area contributed by atoms with Crippen molar-refractivity contribution in [3.8, 4) is 5.88 Å². The highest BCUT2D eigenvalue weighted by atomic mass is 32.2. The number of hydrogen-bond acceptors (Lipinski definition) is 9. The Bertz CT molecular complexity index is 967. The minimum atomic E-state index is -0.457. The fourth-order valence-corrected chi connectivity index (χ4v) is 4.20. The molecule has 0 amide bonds. The molecule has 1 N–H and O–H groups in total. The molecular formula is C23H30N4O4S. The molecule has 8 nitrogen and oxygen atoms in total. The molecule has 0 saturated carbocycles. The van der Waals surface area contributed by atoms with Gasteiger partial charge in [0, 0.05) is 25.3 Å². The number of carbonyl (C=O) groups excluding carboxylic acids is 2. The second kappa shape index (κ2) is 10.7. The highest BCUT2D eigenvalue weighted by Gasteiger charge is 2.33. The lowest BCUT2D eigenvalue weighted by atomic mass is 10.1. The van der Waals surface area contributed by atoms with E-state index in [9.17, 15) is 9.59 Å². The van der Waals surface area contributed by atoms with E-state index >= 15 is 0 Å². The van der Waals surface area contributed by atoms with E-state index in [0.29, 0.717) is 42.3 Å². The number of methoxy groups -OCH3 is 2. The molecule has 1 atom stereocenters. The van der Waals surface area contributed by atoms with E-state index in [2.05, 4.69) is 46.5 Å². The summed E-state index contributed by atoms with van der Waals surface area (Å²) in [6.07, 6.45) is 2.35. The number of carbonyl (C=O) groups is 2. The molecule has 1 aromatic heterocycles. The molecule has 2 heterocycles. The molecule has 9 heteroatoms. The van der Waals surface area contributed by atoms with Crippen molar-refractivity contribution < 1.29 is 19.1 Å². The number of nitrogens with zero attached hydrogens (tertiary/aromatic N) is 3. The lowest BCUT2D eigenvalue weighted by Crippen LogP contribution is -2.58. The van der Waals surface area contributed by atoms with E-state index in [1.54, 1.807) is 12.3 Å². The number of anilines is 2. The van der Waals surface area contributed by atoms with E-state index in [1.165, 1.54) is 31.5 Å². The minimum absolute atomic E-state index is 0.0552. The zero-order valence-electron chi connectivity index (χ0n) is 19.2. The lowest BCUT2D eigenvalue weighted by Gasteiger charge is -2.41. The Morgan fingerprint density at radius 1 is 1.22 bits per heavy atom. The summed E-state index contributed by atoms with van der Waals surface area (Å²) in [4.78, 5) is 31.8. The van der Waals surface area contributed by atoms with Gasteiger partial charge >= 0.3 is 5.97 Å². The van der Waals surface area contributed by atoms with Crippen molar-refractivity contribution in [3.05, 3.63) is 47.2 Å². The highest BCUT2D eigenvalue weighted by molar-refractivity contribution is 8.13. The van der Waals surface area contributed by atoms with Crippen LogP contribution >= 0.6 is 11.8 Å². The van der Waals surface area contributed by atoms with Crippen molar-refractivity contribution in [3.63, 3.8) is 0 Å². The fourth-order valence-electron chi connectivity index (χ4n) is 3.72. The van der Waals surface area contributed by atoms with Crippen molar-refractivity contribution in [2.24, 2.45) is 0 Å². The molecule has 172 valence electrons. The third-order valence-corrected chi connectivity index (χ3v) is 6.19. The molecule has 0 spiro atoms. The van der Waals surface area contributed by atoms with Crippen LogP contribution in [0, 0.1) is 6.92 Å². The minimum Gasteiger partial charge on any atom is -0.479 e. The van der Waals surface area contributed by atoms with Gasteiger partial charge in [-0.25, -0.2) is 14.8 Å². The van der Waals surface area contributed by atoms with Crippen LogP contribution in [0.15, 0.2) is 30.3 Å². The van der Waals surface area contributed by atoms with Crippen molar-refractivity contribution in [1.29, 1.82) is 0 Å². The predicted octanol–water partition coefficient (Wildman–Crippen LogP) is 3.15. The van der Waals surface area contributed by atoms with Crippen LogP contribution in [-0.4, -0.2) is 67.2 Å². The smallest absolute Gasteiger partial charge is 0.339 e. The third-order valence-electron chi connectivity index (χ3n) is 5.52. The molecule has 0 bridgehead atoms. The van der Waals surface area contributed by atoms with E-state index in [-0.39, 0.29) is 5.12 Å². The second-order valence-electron chi connectivity index (χ2n) is 7.51. The maximum Gasteiger partial charge on any atom is 0.339 e. The number of thioether (sulfide) groups is 1. The standard InChI is InChI=1S/C23H30N4O4S/c1-6-18-17(22(28)31-4)13-19(21(24-18)30-3)25-27-12-11-26(14-20(27)23(29)32-5)16-9-7-15(2)8-10-16/h7-10,13,20,25H,6,11-12,14H2,1-5H3. The molecule has 2 aromatic rings. The Morgan fingerprint density at radius 3 is 2.53 bits per heavy atom. The van der Waals surface area contributed by atoms with E-state index in [1.807, 2.05) is 11.9 Å². The average molecular weight is 459 g/mol. The number of nitrogens with one attached hydrogen (secondary N) is 1. The number of rotatable bonds is 7. The molecule has 1 saturated heterocycles. The van der Waals surface area contributed by atoms with Crippen LogP contribution in [0.3, 0.4) is 0 Å². The fraction of sp³-hybridized carbons (Fsp3) is 0.435. The van der Waals surface area contributed by atoms with Gasteiger partial charge in [-0.05, 0) is 37.8 Å². The number of ether oxygens (including phenoxy) is 2. The first-order valence-corrected chi connectivity index (χ1v) is 11.7. The normalized spacial score (nSPS) is 16.5. The van der Waals surface area contributed by atoms with Crippen molar-refractivity contribution >= 4 is 34.2 Å². The van der Waals surface area contributed by atoms with Gasteiger partial charge in [0.15, 0.2) is 0 Å². The zero-order valence-corrected chi connectivity index (χ0v) is 20.0. The Morgan fingerprint density at radius 2 is 1.94 bits per heavy atom. The monoisotopic (exact) mass is 458 g/mol. The molecule has 1 fully saturated rings. The number of aromatic nitrogens is 1. The van der Waals surface area contributed by atoms with Crippen molar-refractivity contribution in [1.82, 2.24) is 9.99 Å². The summed E-state index contributed by atoms with van der Waals surface area (Å²) in [5, 5.41) is 1.95. The lowest BCUT2D eigenvalue weighted by molar-refractivity contribution is -0.115. The molecule has 3 rings (SSSR count). The van der Waals surface area contributed by atoms with Gasteiger partial charge in [0.2, 0.25) is 11.0 Å². The molecule has 1 aliphatic heterocycles. The van der Waals surface area contributed by atoms with Gasteiger partial charge < -0.3 is 19.8 Å². The summed E-state index contributed by atoms with van der Waals surface area (Å²) < 4.78 is 10.4. The topological polar surface area (TPSA) is 84.0 Å². The third kappa shape index (κ3) is 5.16. The van der Waals surface area contributed by atoms with Crippen LogP contribution in [0.2, 0.25) is 0 Å². The number of esters is 1. The molecule has 1 aromatic carbocycles. The summed E-state index contributed by atoms with van der Waals surface area (Å²) in [6, 6.07) is 9.61. The van der Waals surface area contributed by atoms with Crippen LogP contribution in [0.5, 0.6) is 5.88 Å². The van der Waals surface area contributed by atoms with Crippen LogP contribution in [0.4, 0.5) is 11.4 Å². The Labute approximate surface area is 193 Å². The van der Waals surface area contributed by atoms with Gasteiger partial charge in [-0.15, -0.1) is 0 Å². The van der Waals surface area contributed by atoms with E-state index in [0.717, 1.165) is 12.2 Å². The number of pyridine rings is 1. The van der Waals surface area contributed by atoms with Crippen LogP contribution in [0.25, 0.3) is 0 Å². The Balaban J connectivity index is 1.89. The molecular weight excluding hydrogens is 428 g/mol. The molecule has 32 heavy (non-hydrogen) atoms. The predicted molar refractivity (Wildman–Crippen MR) is 128 cm³/mol. The molecule has 0 radical (unpaired) electrons. The van der Waals surface area contributed by atoms with Gasteiger partial charge in [0.1, 0.15) is 11.7 Å². The van der Waals surface area contributed by atoms with Gasteiger partial charge in [0.05, 0.1) is 25.5 Å². The number of piperazine rings is 1. The van der Waals surface area contributed by atoms with Gasteiger partial charge in [-0.1, -0.05) is 36.4 Å². The summed E-state index contributed by atoms with van der Waals surface area (Å²) in [5.41, 5.74) is 7.08. The largest absolute Gasteiger partial charge is 0.479 e. The van der Waals surface area contributed by atoms with Gasteiger partial charge in [0.25, 0.3) is 0 Å². The summed E-state index contributed by atoms with van der Waals surface area (Å²) in [5.74, 6) is -0.0909. The molecule has 0 aliphatic carbocycles. The first-order chi connectivity index (χ1) is 15.4. The number of hydrogen-bond donors (Lipinski definition) is 1. The van der Waals surface area contributed by atoms with Crippen LogP contribution in [-0.2, 0) is 16.0 Å². The highest BCUT2D eigenvalue weighted by Crippen LogP contribution is 2.29. The first kappa shape index (κ1) is 23.9. The van der Waals surface area contributed by atoms with Gasteiger partial charge in [-0.3, -0.25) is 4.79 Å². The van der Waals surface area contributed by atoms with Gasteiger partial charge in [-0.2, -0.15) is 0 Å². The quantitative estimate of drug-likeness (QED) is 0.629. The molecule has 1 unspecified atom stereocenters. The maximum atomic E-state index is 12.8. The van der Waals surface area contributed by atoms with Crippen LogP contribution < -0.4 is 15.1 Å². The number of hydrazine groups is 1. The SMILES string of the molecule is CCc1nc(OC)c(NN2CCN(c3ccc(C)cc3)CC2C(=O)SC)cc1C(=O)OC. The van der Waals surface area contributed by atoms with E-state index in [4.69, 9.17) is 9.47 Å². The number of benzene rings is 1. The zero-order chi connectivity index (χ0) is 23.3. The summed E-state index contributed by atoms with van der Waals surface area (Å²) in [6.45, 7) is 5.85.